The standard InChI is InChI=1S/C19H15FN4O2S/c1-12-3-2-4-16-17(12)21-19(27-16)22-18(25)15-9-10-24(23-15)11-26-14-7-5-13(20)6-8-14/h2-10H,11H2,1H3,(H,21,22,25). The van der Waals surface area contributed by atoms with E-state index in [1.807, 2.05) is 25.1 Å². The smallest absolute Gasteiger partial charge is 0.277 e. The summed E-state index contributed by atoms with van der Waals surface area (Å²) in [6.07, 6.45) is 1.64. The molecule has 0 unspecified atom stereocenters. The normalized spacial score (nSPS) is 10.9. The molecule has 0 bridgehead atoms. The van der Waals surface area contributed by atoms with Crippen molar-refractivity contribution in [2.45, 2.75) is 13.7 Å². The lowest BCUT2D eigenvalue weighted by molar-refractivity contribution is 0.102. The van der Waals surface area contributed by atoms with Crippen molar-refractivity contribution in [2.24, 2.45) is 0 Å². The Labute approximate surface area is 158 Å². The molecular weight excluding hydrogens is 367 g/mol. The first kappa shape index (κ1) is 17.2. The molecule has 27 heavy (non-hydrogen) atoms. The quantitative estimate of drug-likeness (QED) is 0.561. The Morgan fingerprint density at radius 1 is 1.22 bits per heavy atom. The predicted molar refractivity (Wildman–Crippen MR) is 102 cm³/mol. The van der Waals surface area contributed by atoms with E-state index in [2.05, 4.69) is 15.4 Å². The molecule has 0 atom stereocenters. The minimum absolute atomic E-state index is 0.110. The number of carbonyl (C=O) groups excluding carboxylic acids is 1. The summed E-state index contributed by atoms with van der Waals surface area (Å²) in [5.41, 5.74) is 2.20. The summed E-state index contributed by atoms with van der Waals surface area (Å²) in [5, 5.41) is 7.50. The molecule has 0 saturated carbocycles. The number of ether oxygens (including phenoxy) is 1. The molecule has 8 heteroatoms. The number of aryl methyl sites for hydroxylation is 1. The number of hydrogen-bond donors (Lipinski definition) is 1. The highest BCUT2D eigenvalue weighted by atomic mass is 32.1. The van der Waals surface area contributed by atoms with Crippen LogP contribution in [0.3, 0.4) is 0 Å². The van der Waals surface area contributed by atoms with Crippen molar-refractivity contribution in [3.63, 3.8) is 0 Å². The minimum atomic E-state index is -0.341. The molecule has 2 aromatic carbocycles. The summed E-state index contributed by atoms with van der Waals surface area (Å²) in [5.74, 6) is -0.152. The maximum absolute atomic E-state index is 12.9. The van der Waals surface area contributed by atoms with Crippen LogP contribution < -0.4 is 10.1 Å². The molecule has 1 N–H and O–H groups in total. The zero-order chi connectivity index (χ0) is 18.8. The summed E-state index contributed by atoms with van der Waals surface area (Å²) in [6.45, 7) is 2.09. The van der Waals surface area contributed by atoms with E-state index < -0.39 is 0 Å². The summed E-state index contributed by atoms with van der Waals surface area (Å²) in [4.78, 5) is 16.9. The van der Waals surface area contributed by atoms with E-state index >= 15 is 0 Å². The van der Waals surface area contributed by atoms with Crippen molar-refractivity contribution < 1.29 is 13.9 Å². The Hall–Kier alpha value is -3.26. The molecule has 136 valence electrons. The largest absolute Gasteiger partial charge is 0.471 e. The SMILES string of the molecule is Cc1cccc2sc(NC(=O)c3ccn(COc4ccc(F)cc4)n3)nc12. The van der Waals surface area contributed by atoms with Gasteiger partial charge in [-0.1, -0.05) is 23.5 Å². The summed E-state index contributed by atoms with van der Waals surface area (Å²) < 4.78 is 20.9. The molecule has 0 spiro atoms. The fraction of sp³-hybridized carbons (Fsp3) is 0.105. The Kier molecular flexibility index (Phi) is 4.55. The molecule has 0 aliphatic carbocycles. The molecule has 6 nitrogen and oxygen atoms in total. The van der Waals surface area contributed by atoms with Gasteiger partial charge in [0.15, 0.2) is 17.6 Å². The van der Waals surface area contributed by atoms with Crippen LogP contribution in [0.15, 0.2) is 54.7 Å². The second-order valence-corrected chi connectivity index (χ2v) is 6.89. The van der Waals surface area contributed by atoms with E-state index in [4.69, 9.17) is 4.74 Å². The minimum Gasteiger partial charge on any atom is -0.471 e. The van der Waals surface area contributed by atoms with Gasteiger partial charge in [0.25, 0.3) is 5.91 Å². The number of anilines is 1. The molecule has 0 saturated heterocycles. The lowest BCUT2D eigenvalue weighted by atomic mass is 10.2. The number of benzene rings is 2. The number of nitrogens with one attached hydrogen (secondary N) is 1. The number of para-hydroxylation sites is 1. The van der Waals surface area contributed by atoms with Crippen LogP contribution in [0.25, 0.3) is 10.2 Å². The Bertz CT molecular complexity index is 1100. The Morgan fingerprint density at radius 2 is 2.04 bits per heavy atom. The van der Waals surface area contributed by atoms with E-state index in [-0.39, 0.29) is 24.1 Å². The average Bonchev–Trinajstić information content (AvgIpc) is 3.29. The zero-order valence-corrected chi connectivity index (χ0v) is 15.2. The second kappa shape index (κ2) is 7.16. The molecule has 0 radical (unpaired) electrons. The number of rotatable bonds is 5. The lowest BCUT2D eigenvalue weighted by Gasteiger charge is -2.05. The first-order valence-electron chi connectivity index (χ1n) is 8.18. The van der Waals surface area contributed by atoms with Crippen LogP contribution in [0.2, 0.25) is 0 Å². The van der Waals surface area contributed by atoms with Gasteiger partial charge in [0.05, 0.1) is 10.2 Å². The molecule has 0 aliphatic rings. The number of halogens is 1. The van der Waals surface area contributed by atoms with Crippen LogP contribution in [0.5, 0.6) is 5.75 Å². The van der Waals surface area contributed by atoms with Gasteiger partial charge >= 0.3 is 0 Å². The van der Waals surface area contributed by atoms with Crippen molar-refractivity contribution in [3.8, 4) is 5.75 Å². The molecule has 2 heterocycles. The third-order valence-corrected chi connectivity index (χ3v) is 4.83. The van der Waals surface area contributed by atoms with Gasteiger partial charge in [-0.15, -0.1) is 0 Å². The van der Waals surface area contributed by atoms with Crippen molar-refractivity contribution in [2.75, 3.05) is 5.32 Å². The molecule has 1 amide bonds. The topological polar surface area (TPSA) is 69.0 Å². The van der Waals surface area contributed by atoms with E-state index in [0.717, 1.165) is 15.8 Å². The number of nitrogens with zero attached hydrogens (tertiary/aromatic N) is 3. The third-order valence-electron chi connectivity index (χ3n) is 3.89. The summed E-state index contributed by atoms with van der Waals surface area (Å²) in [7, 11) is 0. The van der Waals surface area contributed by atoms with E-state index in [9.17, 15) is 9.18 Å². The number of fused-ring (bicyclic) bond motifs is 1. The van der Waals surface area contributed by atoms with Crippen LogP contribution in [0.1, 0.15) is 16.1 Å². The van der Waals surface area contributed by atoms with Crippen molar-refractivity contribution in [3.05, 3.63) is 71.8 Å². The van der Waals surface area contributed by atoms with Crippen molar-refractivity contribution >= 4 is 32.6 Å². The average molecular weight is 382 g/mol. The number of hydrogen-bond acceptors (Lipinski definition) is 5. The second-order valence-electron chi connectivity index (χ2n) is 5.86. The van der Waals surface area contributed by atoms with E-state index in [0.29, 0.717) is 10.9 Å². The highest BCUT2D eigenvalue weighted by Crippen LogP contribution is 2.28. The molecule has 0 fully saturated rings. The van der Waals surface area contributed by atoms with Crippen LogP contribution >= 0.6 is 11.3 Å². The number of carbonyl (C=O) groups is 1. The lowest BCUT2D eigenvalue weighted by Crippen LogP contribution is -2.14. The first-order chi connectivity index (χ1) is 13.1. The number of aromatic nitrogens is 3. The molecular formula is C19H15FN4O2S. The summed E-state index contributed by atoms with van der Waals surface area (Å²) >= 11 is 1.42. The van der Waals surface area contributed by atoms with Gasteiger partial charge in [-0.05, 0) is 48.9 Å². The fourth-order valence-corrected chi connectivity index (χ4v) is 3.47. The third kappa shape index (κ3) is 3.80. The Balaban J connectivity index is 1.41. The monoisotopic (exact) mass is 382 g/mol. The molecule has 4 aromatic rings. The Morgan fingerprint density at radius 3 is 2.81 bits per heavy atom. The highest BCUT2D eigenvalue weighted by molar-refractivity contribution is 7.22. The summed E-state index contributed by atoms with van der Waals surface area (Å²) in [6, 6.07) is 13.2. The maximum Gasteiger partial charge on any atom is 0.277 e. The van der Waals surface area contributed by atoms with Gasteiger partial charge in [0.1, 0.15) is 11.6 Å². The first-order valence-corrected chi connectivity index (χ1v) is 8.99. The fourth-order valence-electron chi connectivity index (χ4n) is 2.53. The molecule has 2 aromatic heterocycles. The van der Waals surface area contributed by atoms with E-state index in [1.165, 1.54) is 40.3 Å². The van der Waals surface area contributed by atoms with Gasteiger partial charge in [-0.3, -0.25) is 10.1 Å². The predicted octanol–water partition coefficient (Wildman–Crippen LogP) is 4.23. The highest BCUT2D eigenvalue weighted by Gasteiger charge is 2.13. The maximum atomic E-state index is 12.9. The van der Waals surface area contributed by atoms with Gasteiger partial charge in [0.2, 0.25) is 0 Å². The van der Waals surface area contributed by atoms with E-state index in [1.54, 1.807) is 12.3 Å². The van der Waals surface area contributed by atoms with Crippen LogP contribution in [0, 0.1) is 12.7 Å². The van der Waals surface area contributed by atoms with Crippen molar-refractivity contribution in [1.29, 1.82) is 0 Å². The van der Waals surface area contributed by atoms with Gasteiger partial charge < -0.3 is 4.74 Å². The molecule has 0 aliphatic heterocycles. The number of amides is 1. The van der Waals surface area contributed by atoms with Crippen molar-refractivity contribution in [1.82, 2.24) is 14.8 Å². The van der Waals surface area contributed by atoms with Crippen LogP contribution in [-0.4, -0.2) is 20.7 Å². The molecule has 4 rings (SSSR count). The van der Waals surface area contributed by atoms with Gasteiger partial charge in [-0.25, -0.2) is 14.1 Å². The van der Waals surface area contributed by atoms with Crippen LogP contribution in [-0.2, 0) is 6.73 Å². The van der Waals surface area contributed by atoms with Gasteiger partial charge in [-0.2, -0.15) is 5.10 Å². The van der Waals surface area contributed by atoms with Gasteiger partial charge in [0, 0.05) is 6.20 Å². The van der Waals surface area contributed by atoms with Crippen LogP contribution in [0.4, 0.5) is 9.52 Å². The number of thiazole rings is 1. The zero-order valence-electron chi connectivity index (χ0n) is 14.3.